The molecule has 1 aromatic heterocycles. The van der Waals surface area contributed by atoms with E-state index in [0.29, 0.717) is 23.8 Å². The van der Waals surface area contributed by atoms with E-state index in [9.17, 15) is 9.18 Å². The highest BCUT2D eigenvalue weighted by Crippen LogP contribution is 2.18. The molecule has 0 bridgehead atoms. The van der Waals surface area contributed by atoms with Crippen LogP contribution in [-0.2, 0) is 6.42 Å². The Morgan fingerprint density at radius 1 is 1.08 bits per heavy atom. The Balaban J connectivity index is 1.52. The summed E-state index contributed by atoms with van der Waals surface area (Å²) in [5, 5.41) is 6.44. The first kappa shape index (κ1) is 17.8. The number of carbonyl (C=O) groups excluding carboxylic acids is 1. The molecule has 3 rings (SSSR count). The Bertz CT molecular complexity index is 885. The molecule has 0 aliphatic carbocycles. The highest BCUT2D eigenvalue weighted by molar-refractivity contribution is 6.30. The normalized spacial score (nSPS) is 10.4. The second-order valence-electron chi connectivity index (χ2n) is 5.55. The maximum absolute atomic E-state index is 12.9. The third-order valence-electron chi connectivity index (χ3n) is 3.59. The molecule has 2 aromatic carbocycles. The largest absolute Gasteiger partial charge is 0.350 e. The SMILES string of the molecule is O=C(NCCc1ccc(F)cc1)c1cnc(Nc2cccc(Cl)c2)cn1. The van der Waals surface area contributed by atoms with Gasteiger partial charge in [-0.3, -0.25) is 4.79 Å². The first-order chi connectivity index (χ1) is 12.6. The lowest BCUT2D eigenvalue weighted by molar-refractivity contribution is 0.0949. The van der Waals surface area contributed by atoms with E-state index in [4.69, 9.17) is 11.6 Å². The van der Waals surface area contributed by atoms with Crippen molar-refractivity contribution in [3.8, 4) is 0 Å². The van der Waals surface area contributed by atoms with Gasteiger partial charge >= 0.3 is 0 Å². The number of benzene rings is 2. The van der Waals surface area contributed by atoms with Crippen LogP contribution in [0.5, 0.6) is 0 Å². The van der Waals surface area contributed by atoms with E-state index in [2.05, 4.69) is 20.6 Å². The van der Waals surface area contributed by atoms with Crippen molar-refractivity contribution in [2.45, 2.75) is 6.42 Å². The molecule has 7 heteroatoms. The molecule has 0 radical (unpaired) electrons. The van der Waals surface area contributed by atoms with Crippen LogP contribution in [0.2, 0.25) is 5.02 Å². The van der Waals surface area contributed by atoms with Crippen molar-refractivity contribution in [2.24, 2.45) is 0 Å². The zero-order valence-corrected chi connectivity index (χ0v) is 14.5. The fourth-order valence-corrected chi connectivity index (χ4v) is 2.48. The van der Waals surface area contributed by atoms with Crippen LogP contribution in [-0.4, -0.2) is 22.4 Å². The molecule has 0 spiro atoms. The molecule has 0 aliphatic rings. The van der Waals surface area contributed by atoms with Crippen molar-refractivity contribution >= 4 is 29.0 Å². The summed E-state index contributed by atoms with van der Waals surface area (Å²) >= 11 is 5.93. The van der Waals surface area contributed by atoms with Gasteiger partial charge in [0, 0.05) is 17.3 Å². The predicted octanol–water partition coefficient (Wildman–Crippen LogP) is 3.99. The average molecular weight is 371 g/mol. The lowest BCUT2D eigenvalue weighted by Gasteiger charge is -2.07. The summed E-state index contributed by atoms with van der Waals surface area (Å²) in [7, 11) is 0. The number of amides is 1. The number of nitrogens with one attached hydrogen (secondary N) is 2. The highest BCUT2D eigenvalue weighted by atomic mass is 35.5. The number of hydrogen-bond acceptors (Lipinski definition) is 4. The molecule has 0 saturated carbocycles. The van der Waals surface area contributed by atoms with Crippen molar-refractivity contribution in [3.63, 3.8) is 0 Å². The van der Waals surface area contributed by atoms with Crippen LogP contribution in [0.3, 0.4) is 0 Å². The van der Waals surface area contributed by atoms with E-state index < -0.39 is 0 Å². The van der Waals surface area contributed by atoms with E-state index in [1.54, 1.807) is 24.3 Å². The fourth-order valence-electron chi connectivity index (χ4n) is 2.29. The van der Waals surface area contributed by atoms with Gasteiger partial charge < -0.3 is 10.6 Å². The number of halogens is 2. The third-order valence-corrected chi connectivity index (χ3v) is 3.83. The van der Waals surface area contributed by atoms with Crippen molar-refractivity contribution < 1.29 is 9.18 Å². The number of carbonyl (C=O) groups is 1. The van der Waals surface area contributed by atoms with Gasteiger partial charge in [0.1, 0.15) is 17.3 Å². The second-order valence-corrected chi connectivity index (χ2v) is 5.99. The molecule has 0 saturated heterocycles. The first-order valence-corrected chi connectivity index (χ1v) is 8.35. The lowest BCUT2D eigenvalue weighted by Crippen LogP contribution is -2.26. The van der Waals surface area contributed by atoms with Crippen LogP contribution in [0.15, 0.2) is 60.9 Å². The van der Waals surface area contributed by atoms with Gasteiger partial charge in [0.15, 0.2) is 0 Å². The van der Waals surface area contributed by atoms with Crippen LogP contribution >= 0.6 is 11.6 Å². The van der Waals surface area contributed by atoms with Crippen molar-refractivity contribution in [2.75, 3.05) is 11.9 Å². The average Bonchev–Trinajstić information content (AvgIpc) is 2.64. The molecular formula is C19H16ClFN4O. The molecule has 0 unspecified atom stereocenters. The zero-order valence-electron chi connectivity index (χ0n) is 13.7. The van der Waals surface area contributed by atoms with E-state index in [-0.39, 0.29) is 17.4 Å². The molecule has 5 nitrogen and oxygen atoms in total. The summed E-state index contributed by atoms with van der Waals surface area (Å²) in [4.78, 5) is 20.4. The molecule has 26 heavy (non-hydrogen) atoms. The van der Waals surface area contributed by atoms with Gasteiger partial charge in [0.25, 0.3) is 5.91 Å². The Morgan fingerprint density at radius 3 is 2.58 bits per heavy atom. The summed E-state index contributed by atoms with van der Waals surface area (Å²) < 4.78 is 12.9. The molecule has 0 atom stereocenters. The molecular weight excluding hydrogens is 355 g/mol. The van der Waals surface area contributed by atoms with E-state index >= 15 is 0 Å². The summed E-state index contributed by atoms with van der Waals surface area (Å²) in [5.41, 5.74) is 1.95. The highest BCUT2D eigenvalue weighted by Gasteiger charge is 2.08. The topological polar surface area (TPSA) is 66.9 Å². The summed E-state index contributed by atoms with van der Waals surface area (Å²) in [6, 6.07) is 13.4. The standard InChI is InChI=1S/C19H16ClFN4O/c20-14-2-1-3-16(10-14)25-18-12-23-17(11-24-18)19(26)22-9-8-13-4-6-15(21)7-5-13/h1-7,10-12H,8-9H2,(H,22,26)(H,24,25). The van der Waals surface area contributed by atoms with E-state index in [0.717, 1.165) is 11.3 Å². The molecule has 132 valence electrons. The Hall–Kier alpha value is -2.99. The maximum atomic E-state index is 12.9. The van der Waals surface area contributed by atoms with Crippen molar-refractivity contribution in [3.05, 3.63) is 83.0 Å². The fraction of sp³-hybridized carbons (Fsp3) is 0.105. The van der Waals surface area contributed by atoms with Gasteiger partial charge in [0.2, 0.25) is 0 Å². The number of aromatic nitrogens is 2. The van der Waals surface area contributed by atoms with E-state index in [1.807, 2.05) is 12.1 Å². The van der Waals surface area contributed by atoms with Crippen molar-refractivity contribution in [1.82, 2.24) is 15.3 Å². The van der Waals surface area contributed by atoms with Gasteiger partial charge in [-0.15, -0.1) is 0 Å². The van der Waals surface area contributed by atoms with Crippen LogP contribution in [0, 0.1) is 5.82 Å². The summed E-state index contributed by atoms with van der Waals surface area (Å²) in [5.74, 6) is -0.0800. The van der Waals surface area contributed by atoms with E-state index in [1.165, 1.54) is 24.5 Å². The quantitative estimate of drug-likeness (QED) is 0.688. The van der Waals surface area contributed by atoms with Crippen LogP contribution in [0.4, 0.5) is 15.9 Å². The minimum absolute atomic E-state index is 0.223. The summed E-state index contributed by atoms with van der Waals surface area (Å²) in [6.45, 7) is 0.425. The third kappa shape index (κ3) is 5.00. The summed E-state index contributed by atoms with van der Waals surface area (Å²) in [6.07, 6.45) is 3.49. The monoisotopic (exact) mass is 370 g/mol. The first-order valence-electron chi connectivity index (χ1n) is 7.97. The van der Waals surface area contributed by atoms with Gasteiger partial charge in [-0.25, -0.2) is 14.4 Å². The van der Waals surface area contributed by atoms with Gasteiger partial charge in [0.05, 0.1) is 12.4 Å². The Labute approximate surface area is 155 Å². The van der Waals surface area contributed by atoms with Crippen LogP contribution < -0.4 is 10.6 Å². The van der Waals surface area contributed by atoms with Gasteiger partial charge in [-0.2, -0.15) is 0 Å². The number of rotatable bonds is 6. The van der Waals surface area contributed by atoms with Gasteiger partial charge in [-0.05, 0) is 42.3 Å². The number of hydrogen-bond donors (Lipinski definition) is 2. The Morgan fingerprint density at radius 2 is 1.88 bits per heavy atom. The number of nitrogens with zero attached hydrogens (tertiary/aromatic N) is 2. The Kier molecular flexibility index (Phi) is 5.76. The molecule has 1 heterocycles. The lowest BCUT2D eigenvalue weighted by atomic mass is 10.1. The minimum Gasteiger partial charge on any atom is -0.350 e. The smallest absolute Gasteiger partial charge is 0.271 e. The van der Waals surface area contributed by atoms with Gasteiger partial charge in [-0.1, -0.05) is 29.8 Å². The maximum Gasteiger partial charge on any atom is 0.271 e. The van der Waals surface area contributed by atoms with Crippen molar-refractivity contribution in [1.29, 1.82) is 0 Å². The molecule has 0 fully saturated rings. The second kappa shape index (κ2) is 8.40. The van der Waals surface area contributed by atoms with Crippen LogP contribution in [0.25, 0.3) is 0 Å². The molecule has 2 N–H and O–H groups in total. The number of anilines is 2. The zero-order chi connectivity index (χ0) is 18.4. The molecule has 1 amide bonds. The van der Waals surface area contributed by atoms with Crippen LogP contribution in [0.1, 0.15) is 16.1 Å². The minimum atomic E-state index is -0.311. The molecule has 3 aromatic rings. The molecule has 0 aliphatic heterocycles. The predicted molar refractivity (Wildman–Crippen MR) is 99.2 cm³/mol.